The van der Waals surface area contributed by atoms with Gasteiger partial charge in [0.1, 0.15) is 35.5 Å². The Morgan fingerprint density at radius 1 is 0.969 bits per heavy atom. The third kappa shape index (κ3) is 8.90. The molecule has 3 aliphatic rings. The van der Waals surface area contributed by atoms with Crippen LogP contribution in [0.25, 0.3) is 33.7 Å². The molecule has 3 aromatic carbocycles. The highest BCUT2D eigenvalue weighted by Gasteiger charge is 2.39. The molecule has 15 nitrogen and oxygen atoms in total. The van der Waals surface area contributed by atoms with Crippen LogP contribution in [0.1, 0.15) is 94.4 Å². The second-order valence-electron chi connectivity index (χ2n) is 17.5. The van der Waals surface area contributed by atoms with Gasteiger partial charge in [-0.1, -0.05) is 71.0 Å². The molecule has 1 fully saturated rings. The number of H-pyrrole nitrogens is 2. The van der Waals surface area contributed by atoms with Gasteiger partial charge in [-0.25, -0.2) is 9.97 Å². The van der Waals surface area contributed by atoms with E-state index in [1.807, 2.05) is 75.9 Å². The van der Waals surface area contributed by atoms with E-state index in [1.165, 1.54) is 7.11 Å². The van der Waals surface area contributed by atoms with E-state index in [9.17, 15) is 14.7 Å². The van der Waals surface area contributed by atoms with E-state index >= 15 is 0 Å². The minimum Gasteiger partial charge on any atom is -0.497 e. The van der Waals surface area contributed by atoms with Gasteiger partial charge in [0.05, 0.1) is 55.6 Å². The predicted molar refractivity (Wildman–Crippen MR) is 244 cm³/mol. The van der Waals surface area contributed by atoms with E-state index in [-0.39, 0.29) is 29.7 Å². The number of nitrogens with zero attached hydrogens (tertiary/aromatic N) is 4. The Balaban J connectivity index is 1.09. The number of likely N-dealkylation sites (tertiary alicyclic amines) is 1. The Labute approximate surface area is 374 Å². The number of aromatic nitrogens is 4. The zero-order valence-electron chi connectivity index (χ0n) is 37.7. The number of fused-ring (bicyclic) bond motifs is 4. The van der Waals surface area contributed by atoms with Crippen molar-refractivity contribution >= 4 is 23.0 Å². The molecule has 5 atom stereocenters. The number of benzene rings is 3. The summed E-state index contributed by atoms with van der Waals surface area (Å²) >= 11 is 0. The van der Waals surface area contributed by atoms with E-state index in [0.29, 0.717) is 43.6 Å². The molecule has 3 aliphatic heterocycles. The lowest BCUT2D eigenvalue weighted by Gasteiger charge is -2.35. The summed E-state index contributed by atoms with van der Waals surface area (Å²) in [5.41, 5.74) is 14.5. The second kappa shape index (κ2) is 19.0. The molecule has 0 spiro atoms. The van der Waals surface area contributed by atoms with Crippen molar-refractivity contribution in [3.63, 3.8) is 0 Å². The SMILES string of the molecule is CCCN(Cc1ncc(-c2ccc3c(c2)OC(c2cccc(OC)c2)C2=C3COc3cc(-c4cnc([C@@H]5CCCN5C(=O)[C@@H](NC(O)OC)C(C)C)[nH]4)ccc32)[nH]1)C(=O)[C@@H](N)C(C)C. The smallest absolute Gasteiger partial charge is 0.240 e. The van der Waals surface area contributed by atoms with Gasteiger partial charge in [0, 0.05) is 59.2 Å². The number of nitrogens with two attached hydrogens (primary N) is 1. The summed E-state index contributed by atoms with van der Waals surface area (Å²) in [5.74, 6) is 3.32. The lowest BCUT2D eigenvalue weighted by atomic mass is 9.83. The number of amides is 2. The molecule has 2 aromatic heterocycles. The van der Waals surface area contributed by atoms with Crippen LogP contribution in [0.4, 0.5) is 0 Å². The number of aliphatic hydroxyl groups excluding tert-OH is 1. The fourth-order valence-corrected chi connectivity index (χ4v) is 8.93. The fraction of sp³-hybridized carbons (Fsp3) is 0.429. The van der Waals surface area contributed by atoms with Crippen LogP contribution in [0.3, 0.4) is 0 Å². The summed E-state index contributed by atoms with van der Waals surface area (Å²) in [6.07, 6.45) is 4.30. The lowest BCUT2D eigenvalue weighted by Crippen LogP contribution is -2.52. The highest BCUT2D eigenvalue weighted by atomic mass is 16.6. The third-order valence-corrected chi connectivity index (χ3v) is 12.5. The van der Waals surface area contributed by atoms with Crippen LogP contribution in [0.5, 0.6) is 17.2 Å². The summed E-state index contributed by atoms with van der Waals surface area (Å²) in [7, 11) is 3.05. The molecule has 0 aliphatic carbocycles. The molecule has 0 saturated carbocycles. The first-order valence-corrected chi connectivity index (χ1v) is 22.3. The summed E-state index contributed by atoms with van der Waals surface area (Å²) in [4.78, 5) is 47.0. The number of imidazole rings is 2. The minimum absolute atomic E-state index is 0.0300. The Morgan fingerprint density at radius 3 is 2.42 bits per heavy atom. The molecule has 8 rings (SSSR count). The number of hydrogen-bond donors (Lipinski definition) is 5. The van der Waals surface area contributed by atoms with Gasteiger partial charge < -0.3 is 49.6 Å². The molecular weight excluding hydrogens is 813 g/mol. The first-order valence-electron chi connectivity index (χ1n) is 22.3. The number of carbonyl (C=O) groups excluding carboxylic acids is 2. The van der Waals surface area contributed by atoms with E-state index in [0.717, 1.165) is 81.1 Å². The number of nitrogens with one attached hydrogen (secondary N) is 3. The Bertz CT molecular complexity index is 2510. The molecule has 5 heterocycles. The van der Waals surface area contributed by atoms with Crippen molar-refractivity contribution in [2.75, 3.05) is 33.9 Å². The van der Waals surface area contributed by atoms with Crippen LogP contribution in [0.2, 0.25) is 0 Å². The number of hydrogen-bond acceptors (Lipinski definition) is 11. The standard InChI is InChI=1S/C49H60N8O7/c1-8-18-56(47(58)43(50)27(2)3)25-41-51-23-36(53-41)30-14-16-33-35-26-63-39-21-29(15-17-34(39)42(35)45(64-40(33)22-30)31-11-9-12-32(20-31)61-6)37-24-52-46(54-37)38-13-10-19-57(38)48(59)44(28(4)5)55-49(60)62-7/h9,11-12,14-17,20-24,27-28,38,43-45,49,55,60H,8,10,13,18-19,25-26,50H2,1-7H3,(H,51,53)(H,52,54)/t38-,43-,44-,45?,49?/m0/s1. The number of carbonyl (C=O) groups is 2. The van der Waals surface area contributed by atoms with Crippen LogP contribution >= 0.6 is 0 Å². The van der Waals surface area contributed by atoms with Crippen molar-refractivity contribution < 1.29 is 33.6 Å². The highest BCUT2D eigenvalue weighted by molar-refractivity contribution is 6.00. The quantitative estimate of drug-likeness (QED) is 0.0653. The normalized spacial score (nSPS) is 18.2. The maximum absolute atomic E-state index is 13.8. The molecule has 15 heteroatoms. The molecule has 64 heavy (non-hydrogen) atoms. The number of methoxy groups -OCH3 is 2. The van der Waals surface area contributed by atoms with E-state index in [1.54, 1.807) is 24.4 Å². The number of rotatable bonds is 16. The molecule has 1 saturated heterocycles. The fourth-order valence-electron chi connectivity index (χ4n) is 8.93. The van der Waals surface area contributed by atoms with Crippen molar-refractivity contribution in [1.82, 2.24) is 35.1 Å². The highest BCUT2D eigenvalue weighted by Crippen LogP contribution is 2.52. The summed E-state index contributed by atoms with van der Waals surface area (Å²) in [6, 6.07) is 18.8. The number of ether oxygens (including phenoxy) is 4. The van der Waals surface area contributed by atoms with E-state index in [4.69, 9.17) is 29.7 Å². The molecule has 338 valence electrons. The van der Waals surface area contributed by atoms with Gasteiger partial charge in [-0.2, -0.15) is 0 Å². The topological polar surface area (TPSA) is 193 Å². The Morgan fingerprint density at radius 2 is 1.70 bits per heavy atom. The van der Waals surface area contributed by atoms with Crippen molar-refractivity contribution in [1.29, 1.82) is 0 Å². The number of aromatic amines is 2. The predicted octanol–water partition coefficient (Wildman–Crippen LogP) is 6.83. The molecule has 0 radical (unpaired) electrons. The van der Waals surface area contributed by atoms with Crippen LogP contribution in [0, 0.1) is 11.8 Å². The van der Waals surface area contributed by atoms with Crippen LogP contribution in [0.15, 0.2) is 73.1 Å². The summed E-state index contributed by atoms with van der Waals surface area (Å²) in [5, 5.41) is 13.0. The second-order valence-corrected chi connectivity index (χ2v) is 17.5. The molecular formula is C49H60N8O7. The van der Waals surface area contributed by atoms with Crippen LogP contribution in [-0.4, -0.2) is 99.1 Å². The average molecular weight is 873 g/mol. The zero-order valence-corrected chi connectivity index (χ0v) is 37.7. The minimum atomic E-state index is -1.25. The Kier molecular flexibility index (Phi) is 13.2. The first-order chi connectivity index (χ1) is 30.9. The van der Waals surface area contributed by atoms with E-state index in [2.05, 4.69) is 44.5 Å². The molecule has 0 bridgehead atoms. The van der Waals surface area contributed by atoms with Crippen molar-refractivity contribution in [3.05, 3.63) is 101 Å². The first kappa shape index (κ1) is 44.6. The Hall–Kier alpha value is -6.00. The molecule has 6 N–H and O–H groups in total. The van der Waals surface area contributed by atoms with Crippen LogP contribution in [-0.2, 0) is 20.9 Å². The zero-order chi connectivity index (χ0) is 45.2. The van der Waals surface area contributed by atoms with Gasteiger partial charge in [-0.3, -0.25) is 14.9 Å². The maximum Gasteiger partial charge on any atom is 0.240 e. The van der Waals surface area contributed by atoms with Gasteiger partial charge >= 0.3 is 0 Å². The van der Waals surface area contributed by atoms with Gasteiger partial charge in [0.15, 0.2) is 6.10 Å². The van der Waals surface area contributed by atoms with E-state index < -0.39 is 24.6 Å². The largest absolute Gasteiger partial charge is 0.497 e. The van der Waals surface area contributed by atoms with Gasteiger partial charge in [-0.15, -0.1) is 0 Å². The van der Waals surface area contributed by atoms with Crippen molar-refractivity contribution in [2.45, 2.75) is 91.1 Å². The molecule has 2 unspecified atom stereocenters. The van der Waals surface area contributed by atoms with Crippen molar-refractivity contribution in [3.8, 4) is 39.8 Å². The molecule has 5 aromatic rings. The third-order valence-electron chi connectivity index (χ3n) is 12.5. The van der Waals surface area contributed by atoms with Gasteiger partial charge in [-0.05, 0) is 55.4 Å². The average Bonchev–Trinajstić information content (AvgIpc) is 4.11. The van der Waals surface area contributed by atoms with Gasteiger partial charge in [0.2, 0.25) is 18.2 Å². The number of aliphatic hydroxyl groups is 1. The summed E-state index contributed by atoms with van der Waals surface area (Å²) in [6.45, 7) is 11.7. The van der Waals surface area contributed by atoms with Gasteiger partial charge in [0.25, 0.3) is 0 Å². The molecule has 2 amide bonds. The lowest BCUT2D eigenvalue weighted by molar-refractivity contribution is -0.145. The van der Waals surface area contributed by atoms with Crippen LogP contribution < -0.4 is 25.3 Å². The maximum atomic E-state index is 13.8. The van der Waals surface area contributed by atoms with Crippen molar-refractivity contribution in [2.24, 2.45) is 17.6 Å². The monoisotopic (exact) mass is 872 g/mol. The summed E-state index contributed by atoms with van der Waals surface area (Å²) < 4.78 is 24.3.